The quantitative estimate of drug-likeness (QED) is 0.0461. The molecule has 1 saturated heterocycles. The molecule has 16 nitrogen and oxygen atoms in total. The van der Waals surface area contributed by atoms with Gasteiger partial charge in [0.15, 0.2) is 0 Å². The molecule has 5 rings (SSSR count). The number of ether oxygens (including phenoxy) is 2. The first kappa shape index (κ1) is 98.8. The monoisotopic (exact) mass is 1380 g/mol. The van der Waals surface area contributed by atoms with Crippen LogP contribution in [0.4, 0.5) is 27.6 Å². The molecule has 2 radical (unpaired) electrons. The van der Waals surface area contributed by atoms with Gasteiger partial charge in [-0.3, -0.25) is 11.6 Å². The maximum absolute atomic E-state index is 11.6. The smallest absolute Gasteiger partial charge is 0.446 e. The molecule has 492 valence electrons. The summed E-state index contributed by atoms with van der Waals surface area (Å²) in [6.45, 7) is 51.5. The molecule has 0 saturated carbocycles. The molecule has 4 aromatic rings. The van der Waals surface area contributed by atoms with E-state index in [1.165, 1.54) is 44.5 Å². The third-order valence-corrected chi connectivity index (χ3v) is 10.2. The van der Waals surface area contributed by atoms with Gasteiger partial charge in [-0.2, -0.15) is 13.2 Å². The largest absolute Gasteiger partial charge is 0.545 e. The number of urea groups is 1. The number of hydrogen-bond acceptors (Lipinski definition) is 12. The van der Waals surface area contributed by atoms with Gasteiger partial charge in [0, 0.05) is 129 Å². The van der Waals surface area contributed by atoms with Gasteiger partial charge in [0.05, 0.1) is 6.04 Å². The zero-order chi connectivity index (χ0) is 67.4. The van der Waals surface area contributed by atoms with Crippen LogP contribution >= 0.6 is 0 Å². The number of aldehydes is 2. The Morgan fingerprint density at radius 1 is 0.632 bits per heavy atom. The molecule has 0 bridgehead atoms. The summed E-state index contributed by atoms with van der Waals surface area (Å²) >= 11 is 0. The molecule has 9 N–H and O–H groups in total. The zero-order valence-corrected chi connectivity index (χ0v) is 62.6. The van der Waals surface area contributed by atoms with Crippen molar-refractivity contribution >= 4 is 37.6 Å². The van der Waals surface area contributed by atoms with Gasteiger partial charge in [0.1, 0.15) is 17.5 Å². The van der Waals surface area contributed by atoms with E-state index in [2.05, 4.69) is 122 Å². The molecule has 1 aliphatic heterocycles. The Balaban J connectivity index is -0.000000142. The van der Waals surface area contributed by atoms with E-state index in [9.17, 15) is 32.3 Å². The standard InChI is InChI=1S/C16H26N2O2.C12H16N2O.C11H18N2.C8H15NO3.C8H11N.C2HF3O.4C2H6.CHO.2Y/c1-12-8-6-7-9-14(12)11-17-10-13(2)18-15(19)20-16(3,4)5;1-9-5-3-4-6-11(9)8-14-7-10(2)13-12(14)15;1-9-5-3-4-6-11(9)8-13-7-10(2)12;1-6(5-10)9-7(11)12-8(2,3)4;1-7-4-2-3-5-8(7)6-9;3-2(4,5)1-6;5*1-2;;/h6-9,13,17H,10-11H2,1-5H3,(H,18,19);3-6,10H,7-8H2,1-2H3,(H,13,15);3-6,10,13H,7-8,12H2,1-2H3;5-6H,1-4H3,(H,9,11);2-5H,6,9H2,1H3;1H;4*1-2H3;1H;;/q;;;;;;;;;;-1;;. The molecule has 1 heterocycles. The van der Waals surface area contributed by atoms with Gasteiger partial charge in [-0.05, 0) is 141 Å². The van der Waals surface area contributed by atoms with Crippen LogP contribution in [-0.2, 0) is 115 Å². The van der Waals surface area contributed by atoms with Crippen LogP contribution in [-0.4, -0.2) is 104 Å². The third kappa shape index (κ3) is 60.2. The maximum Gasteiger partial charge on any atom is 0.446 e. The van der Waals surface area contributed by atoms with E-state index >= 15 is 0 Å². The van der Waals surface area contributed by atoms with Crippen molar-refractivity contribution < 1.29 is 117 Å². The molecule has 0 aromatic heterocycles. The van der Waals surface area contributed by atoms with Gasteiger partial charge in [-0.15, -0.1) is 0 Å². The van der Waals surface area contributed by atoms with Crippen LogP contribution < -0.4 is 38.1 Å². The maximum atomic E-state index is 11.6. The molecule has 1 aliphatic rings. The van der Waals surface area contributed by atoms with Gasteiger partial charge in [-0.1, -0.05) is 152 Å². The molecule has 4 amide bonds. The normalized spacial score (nSPS) is 12.3. The molecular weight excluding hydrogens is 1270 g/mol. The molecule has 4 unspecified atom stereocenters. The Bertz CT molecular complexity index is 2320. The van der Waals surface area contributed by atoms with Gasteiger partial charge in [-0.25, -0.2) is 14.4 Å². The summed E-state index contributed by atoms with van der Waals surface area (Å²) in [6.07, 6.45) is -6.00. The first-order valence-corrected chi connectivity index (χ1v) is 29.2. The van der Waals surface area contributed by atoms with Crippen molar-refractivity contribution in [3.05, 3.63) is 142 Å². The zero-order valence-electron chi connectivity index (χ0n) is 56.9. The third-order valence-electron chi connectivity index (χ3n) is 10.2. The number of benzene rings is 4. The average Bonchev–Trinajstić information content (AvgIpc) is 3.95. The van der Waals surface area contributed by atoms with Gasteiger partial charge in [0.2, 0.25) is 6.29 Å². The number of hydrogen-bond donors (Lipinski definition) is 7. The Hall–Kier alpha value is -4.46. The second kappa shape index (κ2) is 60.4. The SMILES string of the molecule is CC.CC.CC.CC.CC(C=O)NC(=O)OC(C)(C)C.Cc1ccccc1CN.Cc1ccccc1CN1CC(C)NC1=O.Cc1ccccc1CNCC(C)N.Cc1ccccc1CNCC(C)NC(=O)OC(C)(C)C.O=CC(F)(F)F.[CH-]=O.[Y].[Y]. The number of alkyl halides is 3. The van der Waals surface area contributed by atoms with Crippen molar-refractivity contribution in [2.45, 2.75) is 220 Å². The number of amides is 4. The first-order valence-electron chi connectivity index (χ1n) is 29.2. The average molecular weight is 1380 g/mol. The Morgan fingerprint density at radius 2 is 0.954 bits per heavy atom. The fraction of sp³-hybridized carbons (Fsp3) is 0.545. The fourth-order valence-electron chi connectivity index (χ4n) is 6.29. The molecule has 0 aliphatic carbocycles. The molecule has 0 spiro atoms. The molecule has 1 fully saturated rings. The summed E-state index contributed by atoms with van der Waals surface area (Å²) in [5.41, 5.74) is 20.3. The van der Waals surface area contributed by atoms with Crippen LogP contribution in [0, 0.1) is 27.7 Å². The van der Waals surface area contributed by atoms with Crippen molar-refractivity contribution in [2.24, 2.45) is 11.5 Å². The molecule has 87 heavy (non-hydrogen) atoms. The molecule has 4 aromatic carbocycles. The summed E-state index contributed by atoms with van der Waals surface area (Å²) in [5.74, 6) is 0. The fourth-order valence-corrected chi connectivity index (χ4v) is 6.29. The van der Waals surface area contributed by atoms with Crippen LogP contribution in [0.25, 0.3) is 0 Å². The summed E-state index contributed by atoms with van der Waals surface area (Å²) < 4.78 is 41.4. The van der Waals surface area contributed by atoms with Crippen LogP contribution in [0.15, 0.2) is 97.1 Å². The van der Waals surface area contributed by atoms with E-state index in [1.54, 1.807) is 27.7 Å². The Labute approximate surface area is 574 Å². The topological polar surface area (TPSA) is 236 Å². The molecular formula is C66H112F3N8O8Y2-. The minimum absolute atomic E-state index is 0. The predicted molar refractivity (Wildman–Crippen MR) is 346 cm³/mol. The van der Waals surface area contributed by atoms with Crippen LogP contribution in [0.3, 0.4) is 0 Å². The van der Waals surface area contributed by atoms with Crippen LogP contribution in [0.2, 0.25) is 0 Å². The number of carbonyl (C=O) groups excluding carboxylic acids is 6. The Morgan fingerprint density at radius 3 is 1.23 bits per heavy atom. The van der Waals surface area contributed by atoms with Crippen molar-refractivity contribution in [2.75, 3.05) is 19.6 Å². The Kier molecular flexibility index (Phi) is 68.6. The van der Waals surface area contributed by atoms with E-state index in [0.29, 0.717) is 25.9 Å². The van der Waals surface area contributed by atoms with Gasteiger partial charge >= 0.3 is 24.4 Å². The summed E-state index contributed by atoms with van der Waals surface area (Å²) in [7, 11) is 0. The van der Waals surface area contributed by atoms with Crippen molar-refractivity contribution in [1.82, 2.24) is 31.5 Å². The number of halogens is 3. The molecule has 21 heteroatoms. The predicted octanol–water partition coefficient (Wildman–Crippen LogP) is 13.5. The first-order chi connectivity index (χ1) is 39.9. The second-order valence-corrected chi connectivity index (χ2v) is 20.2. The van der Waals surface area contributed by atoms with Crippen molar-refractivity contribution in [3.8, 4) is 0 Å². The summed E-state index contributed by atoms with van der Waals surface area (Å²) in [4.78, 5) is 62.5. The number of carbonyl (C=O) groups is 5. The van der Waals surface area contributed by atoms with Gasteiger partial charge in [0.25, 0.3) is 0 Å². The number of nitrogens with two attached hydrogens (primary N) is 2. The van der Waals surface area contributed by atoms with Gasteiger partial charge < -0.3 is 62.0 Å². The number of aryl methyl sites for hydroxylation is 4. The second-order valence-electron chi connectivity index (χ2n) is 20.2. The van der Waals surface area contributed by atoms with E-state index in [-0.39, 0.29) is 95.7 Å². The van der Waals surface area contributed by atoms with Crippen LogP contribution in [0.5, 0.6) is 0 Å². The number of rotatable bonds is 14. The summed E-state index contributed by atoms with van der Waals surface area (Å²) in [6, 6.07) is 33.1. The minimum Gasteiger partial charge on any atom is -0.545 e. The van der Waals surface area contributed by atoms with E-state index in [4.69, 9.17) is 30.5 Å². The van der Waals surface area contributed by atoms with E-state index < -0.39 is 35.8 Å². The number of nitrogens with zero attached hydrogens (tertiary/aromatic N) is 1. The number of alkyl carbamates (subject to hydrolysis) is 2. The summed E-state index contributed by atoms with van der Waals surface area (Å²) in [5, 5.41) is 14.7. The van der Waals surface area contributed by atoms with Crippen molar-refractivity contribution in [3.63, 3.8) is 0 Å². The van der Waals surface area contributed by atoms with E-state index in [0.717, 1.165) is 26.2 Å². The van der Waals surface area contributed by atoms with Crippen molar-refractivity contribution in [1.29, 1.82) is 0 Å². The van der Waals surface area contributed by atoms with Crippen LogP contribution in [0.1, 0.15) is 169 Å². The minimum atomic E-state index is -4.64. The van der Waals surface area contributed by atoms with E-state index in [1.807, 2.05) is 138 Å². The molecule has 4 atom stereocenters. The number of nitrogens with one attached hydrogen (secondary N) is 5.